The Hall–Kier alpha value is -0.510. The summed E-state index contributed by atoms with van der Waals surface area (Å²) in [6.45, 7) is 1.14. The molecule has 0 rings (SSSR count). The second kappa shape index (κ2) is 2.71. The van der Waals surface area contributed by atoms with Crippen LogP contribution in [0.2, 0.25) is 0 Å². The Kier molecular flexibility index (Phi) is 2.48. The average Bonchev–Trinajstić information content (AvgIpc) is 1.65. The first-order chi connectivity index (χ1) is 2.81. The molecule has 0 heterocycles. The molecule has 0 aromatic heterocycles. The summed E-state index contributed by atoms with van der Waals surface area (Å²) < 4.78 is 11.2. The predicted octanol–water partition coefficient (Wildman–Crippen LogP) is 1.18. The predicted molar refractivity (Wildman–Crippen MR) is 22.3 cm³/mol. The molecule has 33 valence electrons. The fourth-order valence-electron chi connectivity index (χ4n) is 0.0386. The molecular weight excluding hydrogens is 79.1 g/mol. The Morgan fingerprint density at radius 1 is 2.00 bits per heavy atom. The molecule has 0 fully saturated rings. The Labute approximate surface area is 37.4 Å². The van der Waals surface area contributed by atoms with Crippen molar-refractivity contribution in [3.05, 3.63) is 6.42 Å². The zero-order valence-corrected chi connectivity index (χ0v) is 3.66. The third-order valence-corrected chi connectivity index (χ3v) is 0.478. The molecule has 0 nitrogen and oxygen atoms in total. The monoisotopic (exact) mass is 85.0 g/mol. The SMILES string of the molecule is [C]#CC(C)CF. The number of halogens is 1. The second-order valence-electron chi connectivity index (χ2n) is 1.20. The Morgan fingerprint density at radius 3 is 2.50 bits per heavy atom. The van der Waals surface area contributed by atoms with Crippen molar-refractivity contribution in [2.75, 3.05) is 6.67 Å². The molecule has 1 atom stereocenters. The van der Waals surface area contributed by atoms with Gasteiger partial charge in [-0.2, -0.15) is 0 Å². The summed E-state index contributed by atoms with van der Waals surface area (Å²) in [5.74, 6) is 1.67. The van der Waals surface area contributed by atoms with Crippen molar-refractivity contribution < 1.29 is 4.39 Å². The van der Waals surface area contributed by atoms with Gasteiger partial charge in [0, 0.05) is 5.92 Å². The molecule has 0 saturated heterocycles. The van der Waals surface area contributed by atoms with Gasteiger partial charge in [-0.05, 0) is 13.3 Å². The van der Waals surface area contributed by atoms with E-state index in [2.05, 4.69) is 0 Å². The number of alkyl halides is 1. The largest absolute Gasteiger partial charge is 0.250 e. The fourth-order valence-corrected chi connectivity index (χ4v) is 0.0386. The molecule has 1 radical (unpaired) electrons. The zero-order chi connectivity index (χ0) is 4.99. The lowest BCUT2D eigenvalue weighted by Gasteiger charge is -1.87. The topological polar surface area (TPSA) is 0 Å². The van der Waals surface area contributed by atoms with Crippen LogP contribution in [-0.4, -0.2) is 6.67 Å². The maximum absolute atomic E-state index is 11.2. The van der Waals surface area contributed by atoms with Gasteiger partial charge in [-0.25, -0.2) is 4.39 Å². The van der Waals surface area contributed by atoms with Crippen molar-refractivity contribution in [3.8, 4) is 5.92 Å². The molecule has 0 aromatic carbocycles. The van der Waals surface area contributed by atoms with Crippen molar-refractivity contribution in [2.24, 2.45) is 5.92 Å². The van der Waals surface area contributed by atoms with Crippen molar-refractivity contribution in [1.82, 2.24) is 0 Å². The van der Waals surface area contributed by atoms with Gasteiger partial charge in [0.05, 0.1) is 0 Å². The molecule has 0 aromatic rings. The van der Waals surface area contributed by atoms with Gasteiger partial charge in [0.15, 0.2) is 0 Å². The summed E-state index contributed by atoms with van der Waals surface area (Å²) in [7, 11) is 0. The van der Waals surface area contributed by atoms with E-state index >= 15 is 0 Å². The molecule has 1 heteroatoms. The molecule has 6 heavy (non-hydrogen) atoms. The lowest BCUT2D eigenvalue weighted by atomic mass is 10.2. The van der Waals surface area contributed by atoms with Crippen LogP contribution in [0.5, 0.6) is 0 Å². The molecule has 0 aliphatic rings. The third kappa shape index (κ3) is 1.78. The van der Waals surface area contributed by atoms with Crippen LogP contribution >= 0.6 is 0 Å². The number of hydrogen-bond acceptors (Lipinski definition) is 0. The van der Waals surface area contributed by atoms with Gasteiger partial charge in [-0.3, -0.25) is 0 Å². The standard InChI is InChI=1S/C5H6F/c1-3-5(2)4-6/h5H,4H2,2H3. The highest BCUT2D eigenvalue weighted by Gasteiger charge is 1.89. The van der Waals surface area contributed by atoms with E-state index in [1.807, 2.05) is 5.92 Å². The normalized spacial score (nSPS) is 12.8. The smallest absolute Gasteiger partial charge is 0.103 e. The van der Waals surface area contributed by atoms with Crippen LogP contribution in [-0.2, 0) is 0 Å². The van der Waals surface area contributed by atoms with Gasteiger partial charge in [0.1, 0.15) is 6.67 Å². The Bertz CT molecular complexity index is 60.8. The van der Waals surface area contributed by atoms with Crippen molar-refractivity contribution in [3.63, 3.8) is 0 Å². The van der Waals surface area contributed by atoms with Crippen LogP contribution in [0.25, 0.3) is 0 Å². The first-order valence-corrected chi connectivity index (χ1v) is 1.79. The fraction of sp³-hybridized carbons (Fsp3) is 0.600. The van der Waals surface area contributed by atoms with E-state index in [0.717, 1.165) is 0 Å². The molecule has 0 aliphatic heterocycles. The summed E-state index contributed by atoms with van der Waals surface area (Å²) in [6.07, 6.45) is 6.32. The summed E-state index contributed by atoms with van der Waals surface area (Å²) in [4.78, 5) is 0. The molecular formula is C5H6F. The van der Waals surface area contributed by atoms with Gasteiger partial charge in [0.25, 0.3) is 0 Å². The molecule has 1 unspecified atom stereocenters. The van der Waals surface area contributed by atoms with Crippen LogP contribution in [0, 0.1) is 18.3 Å². The van der Waals surface area contributed by atoms with E-state index in [1.54, 1.807) is 6.92 Å². The van der Waals surface area contributed by atoms with Crippen molar-refractivity contribution in [2.45, 2.75) is 6.92 Å². The van der Waals surface area contributed by atoms with E-state index in [9.17, 15) is 4.39 Å². The summed E-state index contributed by atoms with van der Waals surface area (Å²) >= 11 is 0. The van der Waals surface area contributed by atoms with Gasteiger partial charge in [-0.1, -0.05) is 5.92 Å². The Balaban J connectivity index is 3.04. The molecule has 0 spiro atoms. The number of rotatable bonds is 1. The quantitative estimate of drug-likeness (QED) is 0.419. The summed E-state index contributed by atoms with van der Waals surface area (Å²) in [5.41, 5.74) is 0. The van der Waals surface area contributed by atoms with Crippen LogP contribution in [0.1, 0.15) is 6.92 Å². The van der Waals surface area contributed by atoms with E-state index in [0.29, 0.717) is 0 Å². The van der Waals surface area contributed by atoms with Gasteiger partial charge < -0.3 is 0 Å². The maximum atomic E-state index is 11.2. The van der Waals surface area contributed by atoms with Crippen LogP contribution < -0.4 is 0 Å². The first kappa shape index (κ1) is 5.49. The maximum Gasteiger partial charge on any atom is 0.103 e. The average molecular weight is 85.1 g/mol. The van der Waals surface area contributed by atoms with Gasteiger partial charge in [0.2, 0.25) is 0 Å². The molecule has 0 N–H and O–H groups in total. The third-order valence-electron chi connectivity index (χ3n) is 0.478. The highest BCUT2D eigenvalue weighted by Crippen LogP contribution is 1.88. The van der Waals surface area contributed by atoms with Crippen LogP contribution in [0.3, 0.4) is 0 Å². The summed E-state index contributed by atoms with van der Waals surface area (Å²) in [5, 5.41) is 0. The van der Waals surface area contributed by atoms with Gasteiger partial charge in [-0.15, -0.1) is 0 Å². The molecule has 0 saturated carbocycles. The molecule has 0 aliphatic carbocycles. The summed E-state index contributed by atoms with van der Waals surface area (Å²) in [6, 6.07) is 0. The minimum Gasteiger partial charge on any atom is -0.250 e. The van der Waals surface area contributed by atoms with E-state index in [1.165, 1.54) is 0 Å². The van der Waals surface area contributed by atoms with Crippen LogP contribution in [0.15, 0.2) is 0 Å². The highest BCUT2D eigenvalue weighted by molar-refractivity contribution is 4.82. The van der Waals surface area contributed by atoms with Crippen molar-refractivity contribution in [1.29, 1.82) is 0 Å². The van der Waals surface area contributed by atoms with Crippen LogP contribution in [0.4, 0.5) is 4.39 Å². The lowest BCUT2D eigenvalue weighted by molar-refractivity contribution is 0.438. The van der Waals surface area contributed by atoms with E-state index in [-0.39, 0.29) is 5.92 Å². The zero-order valence-electron chi connectivity index (χ0n) is 3.66. The van der Waals surface area contributed by atoms with E-state index in [4.69, 9.17) is 6.42 Å². The lowest BCUT2D eigenvalue weighted by Crippen LogP contribution is -1.88. The van der Waals surface area contributed by atoms with E-state index < -0.39 is 6.67 Å². The Morgan fingerprint density at radius 2 is 2.50 bits per heavy atom. The second-order valence-corrected chi connectivity index (χ2v) is 1.20. The molecule has 0 amide bonds. The first-order valence-electron chi connectivity index (χ1n) is 1.79. The minimum absolute atomic E-state index is 0.315. The minimum atomic E-state index is -0.469. The van der Waals surface area contributed by atoms with Crippen molar-refractivity contribution >= 4 is 0 Å². The highest BCUT2D eigenvalue weighted by atomic mass is 19.1. The number of hydrogen-bond donors (Lipinski definition) is 0. The van der Waals surface area contributed by atoms with Gasteiger partial charge >= 0.3 is 0 Å². The molecule has 0 bridgehead atoms.